The lowest BCUT2D eigenvalue weighted by molar-refractivity contribution is -0.00478. The zero-order chi connectivity index (χ0) is 19.7. The number of pyridine rings is 1. The van der Waals surface area contributed by atoms with Crippen molar-refractivity contribution in [1.29, 1.82) is 0 Å². The van der Waals surface area contributed by atoms with Crippen molar-refractivity contribution in [3.05, 3.63) is 71.4 Å². The summed E-state index contributed by atoms with van der Waals surface area (Å²) in [5.74, 6) is 1.07. The topological polar surface area (TPSA) is 73.6 Å². The van der Waals surface area contributed by atoms with Crippen molar-refractivity contribution in [1.82, 2.24) is 20.0 Å². The van der Waals surface area contributed by atoms with Crippen molar-refractivity contribution < 1.29 is 9.57 Å². The van der Waals surface area contributed by atoms with Gasteiger partial charge in [-0.1, -0.05) is 29.8 Å². The van der Waals surface area contributed by atoms with E-state index >= 15 is 0 Å². The average molecular weight is 377 g/mol. The molecule has 3 heterocycles. The lowest BCUT2D eigenvalue weighted by Gasteiger charge is -2.28. The van der Waals surface area contributed by atoms with Crippen molar-refractivity contribution in [3.8, 4) is 11.6 Å². The summed E-state index contributed by atoms with van der Waals surface area (Å²) in [4.78, 5) is 19.5. The molecule has 0 fully saturated rings. The summed E-state index contributed by atoms with van der Waals surface area (Å²) in [6.07, 6.45) is 3.57. The first-order chi connectivity index (χ1) is 13.5. The minimum absolute atomic E-state index is 0.0958. The summed E-state index contributed by atoms with van der Waals surface area (Å²) >= 11 is 0. The van der Waals surface area contributed by atoms with E-state index in [0.29, 0.717) is 17.4 Å². The van der Waals surface area contributed by atoms with E-state index in [1.807, 2.05) is 36.7 Å². The Morgan fingerprint density at radius 3 is 2.57 bits per heavy atom. The highest BCUT2D eigenvalue weighted by atomic mass is 16.7. The van der Waals surface area contributed by atoms with Gasteiger partial charge in [-0.2, -0.15) is 0 Å². The maximum Gasteiger partial charge on any atom is 0.238 e. The molecule has 1 N–H and O–H groups in total. The zero-order valence-electron chi connectivity index (χ0n) is 16.4. The van der Waals surface area contributed by atoms with Crippen LogP contribution in [0.3, 0.4) is 0 Å². The Morgan fingerprint density at radius 2 is 1.89 bits per heavy atom. The van der Waals surface area contributed by atoms with Crippen molar-refractivity contribution in [3.63, 3.8) is 0 Å². The Kier molecular flexibility index (Phi) is 4.83. The molecule has 2 atom stereocenters. The molecule has 144 valence electrons. The fourth-order valence-corrected chi connectivity index (χ4v) is 3.18. The smallest absolute Gasteiger partial charge is 0.238 e. The number of hydroxylamine groups is 1. The molecule has 0 aliphatic carbocycles. The fourth-order valence-electron chi connectivity index (χ4n) is 3.18. The summed E-state index contributed by atoms with van der Waals surface area (Å²) < 4.78 is 7.39. The summed E-state index contributed by atoms with van der Waals surface area (Å²) in [6, 6.07) is 12.1. The van der Waals surface area contributed by atoms with Crippen LogP contribution in [0.5, 0.6) is 5.88 Å². The molecule has 1 aliphatic rings. The van der Waals surface area contributed by atoms with Crippen LogP contribution in [0, 0.1) is 13.8 Å². The summed E-state index contributed by atoms with van der Waals surface area (Å²) in [5, 5.41) is 0. The number of amidine groups is 1. The maximum atomic E-state index is 5.76. The standard InChI is InChI=1S/C21H23N5O2/c1-13-5-7-16(8-6-13)19-15(3)28-25-20(24-19)17-9-10-18(21(23-17)27-4)26-11-14(2)22-12-26/h5-12,15,19H,1-4H3,(H,24,25)/t15-,19+/m0/s1. The number of ether oxygens (including phenoxy) is 1. The van der Waals surface area contributed by atoms with Crippen molar-refractivity contribution in [2.75, 3.05) is 7.11 Å². The third kappa shape index (κ3) is 3.48. The first kappa shape index (κ1) is 18.2. The van der Waals surface area contributed by atoms with Crippen LogP contribution in [0.2, 0.25) is 0 Å². The van der Waals surface area contributed by atoms with Crippen LogP contribution < -0.4 is 10.2 Å². The molecule has 0 saturated heterocycles. The molecule has 4 rings (SSSR count). The molecule has 0 spiro atoms. The van der Waals surface area contributed by atoms with Crippen molar-refractivity contribution >= 4 is 5.84 Å². The number of nitrogens with zero attached hydrogens (tertiary/aromatic N) is 4. The Hall–Kier alpha value is -3.19. The average Bonchev–Trinajstić information content (AvgIpc) is 3.15. The predicted molar refractivity (Wildman–Crippen MR) is 107 cm³/mol. The second kappa shape index (κ2) is 7.44. The summed E-state index contributed by atoms with van der Waals surface area (Å²) in [7, 11) is 1.60. The lowest BCUT2D eigenvalue weighted by Crippen LogP contribution is -2.38. The van der Waals surface area contributed by atoms with E-state index in [2.05, 4.69) is 46.6 Å². The second-order valence-corrected chi connectivity index (χ2v) is 6.91. The van der Waals surface area contributed by atoms with Gasteiger partial charge in [0.15, 0.2) is 5.84 Å². The number of methoxy groups -OCH3 is 1. The number of aliphatic imine (C=N–C) groups is 1. The number of hydrogen-bond donors (Lipinski definition) is 1. The number of aromatic nitrogens is 3. The molecular weight excluding hydrogens is 354 g/mol. The van der Waals surface area contributed by atoms with Crippen LogP contribution in [0.4, 0.5) is 0 Å². The van der Waals surface area contributed by atoms with Gasteiger partial charge >= 0.3 is 0 Å². The van der Waals surface area contributed by atoms with E-state index < -0.39 is 0 Å². The zero-order valence-corrected chi connectivity index (χ0v) is 16.4. The highest BCUT2D eigenvalue weighted by Gasteiger charge is 2.26. The minimum Gasteiger partial charge on any atom is -0.479 e. The van der Waals surface area contributed by atoms with Gasteiger partial charge in [-0.15, -0.1) is 0 Å². The van der Waals surface area contributed by atoms with Crippen LogP contribution in [0.25, 0.3) is 5.69 Å². The van der Waals surface area contributed by atoms with Crippen LogP contribution in [-0.2, 0) is 4.84 Å². The van der Waals surface area contributed by atoms with Gasteiger partial charge in [0, 0.05) is 6.20 Å². The summed E-state index contributed by atoms with van der Waals surface area (Å²) in [5.41, 5.74) is 7.64. The third-order valence-electron chi connectivity index (χ3n) is 4.74. The Bertz CT molecular complexity index is 1010. The SMILES string of the molecule is COc1nc(C2=N[C@@H](c3ccc(C)cc3)[C@H](C)ON2)ccc1-n1cnc(C)c1. The van der Waals surface area contributed by atoms with Crippen molar-refractivity contribution in [2.24, 2.45) is 4.99 Å². The van der Waals surface area contributed by atoms with E-state index in [-0.39, 0.29) is 12.1 Å². The molecule has 28 heavy (non-hydrogen) atoms. The molecule has 2 aromatic heterocycles. The van der Waals surface area contributed by atoms with Gasteiger partial charge in [0.1, 0.15) is 23.5 Å². The Morgan fingerprint density at radius 1 is 1.11 bits per heavy atom. The number of hydrogen-bond acceptors (Lipinski definition) is 6. The molecule has 0 amide bonds. The predicted octanol–water partition coefficient (Wildman–Crippen LogP) is 3.30. The normalized spacial score (nSPS) is 19.1. The third-order valence-corrected chi connectivity index (χ3v) is 4.74. The monoisotopic (exact) mass is 377 g/mol. The molecule has 1 aliphatic heterocycles. The van der Waals surface area contributed by atoms with E-state index in [1.54, 1.807) is 13.4 Å². The van der Waals surface area contributed by atoms with Crippen LogP contribution in [0.1, 0.15) is 35.5 Å². The molecule has 7 nitrogen and oxygen atoms in total. The summed E-state index contributed by atoms with van der Waals surface area (Å²) in [6.45, 7) is 6.01. The largest absolute Gasteiger partial charge is 0.479 e. The van der Waals surface area contributed by atoms with Gasteiger partial charge < -0.3 is 9.30 Å². The first-order valence-electron chi connectivity index (χ1n) is 9.17. The molecule has 3 aromatic rings. The minimum atomic E-state index is -0.111. The Balaban J connectivity index is 1.69. The number of aryl methyl sites for hydroxylation is 2. The first-order valence-corrected chi connectivity index (χ1v) is 9.17. The number of benzene rings is 1. The Labute approximate surface area is 164 Å². The highest BCUT2D eigenvalue weighted by Crippen LogP contribution is 2.28. The maximum absolute atomic E-state index is 5.76. The van der Waals surface area contributed by atoms with Gasteiger partial charge in [-0.3, -0.25) is 9.83 Å². The molecule has 1 aromatic carbocycles. The van der Waals surface area contributed by atoms with E-state index in [0.717, 1.165) is 16.9 Å². The van der Waals surface area contributed by atoms with E-state index in [4.69, 9.17) is 14.6 Å². The number of imidazole rings is 1. The second-order valence-electron chi connectivity index (χ2n) is 6.91. The molecule has 0 saturated carbocycles. The van der Waals surface area contributed by atoms with Gasteiger partial charge in [-0.05, 0) is 38.5 Å². The van der Waals surface area contributed by atoms with Crippen molar-refractivity contribution in [2.45, 2.75) is 32.9 Å². The van der Waals surface area contributed by atoms with Gasteiger partial charge in [0.05, 0.1) is 19.1 Å². The molecule has 0 bridgehead atoms. The van der Waals surface area contributed by atoms with E-state index in [1.165, 1.54) is 5.56 Å². The highest BCUT2D eigenvalue weighted by molar-refractivity contribution is 5.97. The van der Waals surface area contributed by atoms with Gasteiger partial charge in [0.25, 0.3) is 0 Å². The van der Waals surface area contributed by atoms with Gasteiger partial charge in [0.2, 0.25) is 5.88 Å². The number of nitrogens with one attached hydrogen (secondary N) is 1. The van der Waals surface area contributed by atoms with Crippen LogP contribution >= 0.6 is 0 Å². The molecule has 7 heteroatoms. The fraction of sp³-hybridized carbons (Fsp3) is 0.286. The molecular formula is C21H23N5O2. The van der Waals surface area contributed by atoms with Crippen LogP contribution in [0.15, 0.2) is 53.9 Å². The lowest BCUT2D eigenvalue weighted by atomic mass is 10.0. The van der Waals surface area contributed by atoms with Gasteiger partial charge in [-0.25, -0.2) is 15.4 Å². The molecule has 0 radical (unpaired) electrons. The molecule has 0 unspecified atom stereocenters. The van der Waals surface area contributed by atoms with E-state index in [9.17, 15) is 0 Å². The van der Waals surface area contributed by atoms with Crippen LogP contribution in [-0.4, -0.2) is 33.6 Å². The quantitative estimate of drug-likeness (QED) is 0.755. The number of rotatable bonds is 4.